The van der Waals surface area contributed by atoms with Crippen molar-refractivity contribution in [3.05, 3.63) is 89.9 Å². The molecule has 2 heterocycles. The smallest absolute Gasteiger partial charge is 0.268 e. The maximum absolute atomic E-state index is 13.7. The maximum atomic E-state index is 13.7. The number of hydrogen-bond acceptors (Lipinski definition) is 3. The number of anilines is 2. The van der Waals surface area contributed by atoms with Gasteiger partial charge >= 0.3 is 0 Å². The Bertz CT molecular complexity index is 1330. The molecule has 0 spiro atoms. The van der Waals surface area contributed by atoms with Gasteiger partial charge in [-0.25, -0.2) is 4.39 Å². The van der Waals surface area contributed by atoms with Gasteiger partial charge in [-0.2, -0.15) is 0 Å². The molecule has 32 heavy (non-hydrogen) atoms. The summed E-state index contributed by atoms with van der Waals surface area (Å²) in [5.41, 5.74) is 1.52. The summed E-state index contributed by atoms with van der Waals surface area (Å²) in [4.78, 5) is 31.4. The van der Waals surface area contributed by atoms with Gasteiger partial charge in [-0.1, -0.05) is 18.2 Å². The van der Waals surface area contributed by atoms with Crippen LogP contribution in [0.25, 0.3) is 10.9 Å². The van der Waals surface area contributed by atoms with Crippen molar-refractivity contribution in [2.24, 2.45) is 0 Å². The number of carbonyl (C=O) groups is 2. The highest BCUT2D eigenvalue weighted by Crippen LogP contribution is 2.45. The fourth-order valence-corrected chi connectivity index (χ4v) is 4.14. The fraction of sp³-hybridized carbons (Fsp3) is 0.120. The van der Waals surface area contributed by atoms with Crippen LogP contribution in [0, 0.1) is 5.82 Å². The summed E-state index contributed by atoms with van der Waals surface area (Å²) in [7, 11) is 1.54. The van der Waals surface area contributed by atoms with Crippen molar-refractivity contribution < 1.29 is 18.7 Å². The predicted octanol–water partition coefficient (Wildman–Crippen LogP) is 4.64. The van der Waals surface area contributed by atoms with E-state index < -0.39 is 17.3 Å². The predicted molar refractivity (Wildman–Crippen MR) is 120 cm³/mol. The minimum Gasteiger partial charge on any atom is -0.497 e. The molecule has 0 radical (unpaired) electrons. The Morgan fingerprint density at radius 1 is 1.06 bits per heavy atom. The summed E-state index contributed by atoms with van der Waals surface area (Å²) in [5.74, 6) is -0.600. The van der Waals surface area contributed by atoms with E-state index in [9.17, 15) is 14.0 Å². The summed E-state index contributed by atoms with van der Waals surface area (Å²) in [6, 6.07) is 20.2. The number of para-hydroxylation sites is 1. The molecule has 7 heteroatoms. The van der Waals surface area contributed by atoms with Crippen LogP contribution >= 0.6 is 0 Å². The van der Waals surface area contributed by atoms with Gasteiger partial charge in [0.1, 0.15) is 22.8 Å². The van der Waals surface area contributed by atoms with E-state index >= 15 is 0 Å². The largest absolute Gasteiger partial charge is 0.497 e. The van der Waals surface area contributed by atoms with E-state index in [4.69, 9.17) is 4.74 Å². The van der Waals surface area contributed by atoms with Crippen LogP contribution in [0.3, 0.4) is 0 Å². The van der Waals surface area contributed by atoms with Crippen LogP contribution < -0.4 is 15.0 Å². The van der Waals surface area contributed by atoms with Crippen molar-refractivity contribution in [3.8, 4) is 5.75 Å². The molecule has 1 unspecified atom stereocenters. The van der Waals surface area contributed by atoms with E-state index in [1.54, 1.807) is 31.2 Å². The molecule has 1 aliphatic heterocycles. The molecule has 0 bridgehead atoms. The number of halogens is 1. The topological polar surface area (TPSA) is 74.4 Å². The Balaban J connectivity index is 1.58. The van der Waals surface area contributed by atoms with Crippen molar-refractivity contribution >= 4 is 34.1 Å². The summed E-state index contributed by atoms with van der Waals surface area (Å²) in [6.07, 6.45) is 0. The third-order valence-electron chi connectivity index (χ3n) is 5.84. The van der Waals surface area contributed by atoms with E-state index in [2.05, 4.69) is 10.3 Å². The first-order valence-corrected chi connectivity index (χ1v) is 10.1. The molecule has 4 aromatic rings. The average molecular weight is 429 g/mol. The lowest BCUT2D eigenvalue weighted by Crippen LogP contribution is -2.50. The number of methoxy groups -OCH3 is 1. The van der Waals surface area contributed by atoms with Crippen LogP contribution in [0.2, 0.25) is 0 Å². The van der Waals surface area contributed by atoms with E-state index in [1.165, 1.54) is 36.3 Å². The number of hydrogen-bond donors (Lipinski definition) is 2. The standard InChI is InChI=1S/C25H20FN3O3/c1-25(28-23(30)21-13-15-5-3-4-6-20(15)27-21)19-14-18(32-2)11-12-22(19)29(24(25)31)17-9-7-16(26)8-10-17/h3-14,27H,1-2H3,(H,28,30). The van der Waals surface area contributed by atoms with E-state index in [1.807, 2.05) is 24.3 Å². The van der Waals surface area contributed by atoms with Crippen molar-refractivity contribution in [2.45, 2.75) is 12.5 Å². The summed E-state index contributed by atoms with van der Waals surface area (Å²) in [6.45, 7) is 1.66. The maximum Gasteiger partial charge on any atom is 0.268 e. The number of aromatic nitrogens is 1. The molecule has 2 N–H and O–H groups in total. The van der Waals surface area contributed by atoms with Gasteiger partial charge in [-0.15, -0.1) is 0 Å². The molecule has 160 valence electrons. The monoisotopic (exact) mass is 429 g/mol. The van der Waals surface area contributed by atoms with Crippen molar-refractivity contribution in [1.29, 1.82) is 0 Å². The number of ether oxygens (including phenoxy) is 1. The first-order valence-electron chi connectivity index (χ1n) is 10.1. The van der Waals surface area contributed by atoms with Gasteiger partial charge in [-0.3, -0.25) is 14.5 Å². The third kappa shape index (κ3) is 3.01. The second-order valence-electron chi connectivity index (χ2n) is 7.85. The van der Waals surface area contributed by atoms with Crippen LogP contribution in [-0.4, -0.2) is 23.9 Å². The number of rotatable bonds is 4. The molecular weight excluding hydrogens is 409 g/mol. The fourth-order valence-electron chi connectivity index (χ4n) is 4.14. The number of fused-ring (bicyclic) bond motifs is 2. The van der Waals surface area contributed by atoms with Gasteiger partial charge in [-0.05, 0) is 61.5 Å². The van der Waals surface area contributed by atoms with Crippen LogP contribution in [0.1, 0.15) is 23.0 Å². The first kappa shape index (κ1) is 19.8. The van der Waals surface area contributed by atoms with Gasteiger partial charge in [0.15, 0.2) is 0 Å². The normalized spacial score (nSPS) is 17.5. The Hall–Kier alpha value is -4.13. The molecule has 0 saturated heterocycles. The molecule has 1 aromatic heterocycles. The van der Waals surface area contributed by atoms with Crippen LogP contribution in [-0.2, 0) is 10.3 Å². The van der Waals surface area contributed by atoms with E-state index in [0.29, 0.717) is 28.4 Å². The van der Waals surface area contributed by atoms with Crippen LogP contribution in [0.15, 0.2) is 72.8 Å². The quantitative estimate of drug-likeness (QED) is 0.496. The van der Waals surface area contributed by atoms with E-state index in [0.717, 1.165) is 10.9 Å². The van der Waals surface area contributed by atoms with Gasteiger partial charge in [0.2, 0.25) is 0 Å². The number of nitrogens with one attached hydrogen (secondary N) is 2. The third-order valence-corrected chi connectivity index (χ3v) is 5.84. The number of benzene rings is 3. The number of H-pyrrole nitrogens is 1. The van der Waals surface area contributed by atoms with Gasteiger partial charge in [0.25, 0.3) is 11.8 Å². The van der Waals surface area contributed by atoms with Gasteiger partial charge in [0.05, 0.1) is 12.8 Å². The Morgan fingerprint density at radius 2 is 1.81 bits per heavy atom. The molecule has 1 aliphatic rings. The Labute approximate surface area is 183 Å². The molecule has 1 atom stereocenters. The van der Waals surface area contributed by atoms with Gasteiger partial charge < -0.3 is 15.0 Å². The second kappa shape index (κ2) is 7.23. The minimum absolute atomic E-state index is 0.350. The van der Waals surface area contributed by atoms with Crippen LogP contribution in [0.5, 0.6) is 5.75 Å². The minimum atomic E-state index is -1.35. The highest BCUT2D eigenvalue weighted by atomic mass is 19.1. The van der Waals surface area contributed by atoms with Gasteiger partial charge in [0, 0.05) is 22.2 Å². The molecule has 3 aromatic carbocycles. The van der Waals surface area contributed by atoms with Crippen molar-refractivity contribution in [2.75, 3.05) is 12.0 Å². The second-order valence-corrected chi connectivity index (χ2v) is 7.85. The van der Waals surface area contributed by atoms with E-state index in [-0.39, 0.29) is 5.91 Å². The zero-order valence-corrected chi connectivity index (χ0v) is 17.5. The highest BCUT2D eigenvalue weighted by molar-refractivity contribution is 6.14. The summed E-state index contributed by atoms with van der Waals surface area (Å²) >= 11 is 0. The average Bonchev–Trinajstić information content (AvgIpc) is 3.32. The first-order chi connectivity index (χ1) is 15.4. The summed E-state index contributed by atoms with van der Waals surface area (Å²) in [5, 5.41) is 3.81. The lowest BCUT2D eigenvalue weighted by atomic mass is 9.93. The summed E-state index contributed by atoms with van der Waals surface area (Å²) < 4.78 is 18.8. The lowest BCUT2D eigenvalue weighted by Gasteiger charge is -2.25. The number of nitrogens with zero attached hydrogens (tertiary/aromatic N) is 1. The number of amides is 2. The SMILES string of the molecule is COc1ccc2c(c1)C(C)(NC(=O)c1cc3ccccc3[nH]1)C(=O)N2c1ccc(F)cc1. The molecule has 0 fully saturated rings. The molecule has 2 amide bonds. The molecular formula is C25H20FN3O3. The molecule has 6 nitrogen and oxygen atoms in total. The Morgan fingerprint density at radius 3 is 2.53 bits per heavy atom. The van der Waals surface area contributed by atoms with Crippen LogP contribution in [0.4, 0.5) is 15.8 Å². The van der Waals surface area contributed by atoms with Crippen molar-refractivity contribution in [1.82, 2.24) is 10.3 Å². The highest BCUT2D eigenvalue weighted by Gasteiger charge is 2.49. The Kier molecular flexibility index (Phi) is 4.48. The zero-order chi connectivity index (χ0) is 22.5. The lowest BCUT2D eigenvalue weighted by molar-refractivity contribution is -0.122. The zero-order valence-electron chi connectivity index (χ0n) is 17.5. The molecule has 0 aliphatic carbocycles. The van der Waals surface area contributed by atoms with Crippen molar-refractivity contribution in [3.63, 3.8) is 0 Å². The number of aromatic amines is 1. The molecule has 5 rings (SSSR count). The number of carbonyl (C=O) groups excluding carboxylic acids is 2. The molecule has 0 saturated carbocycles.